The maximum absolute atomic E-state index is 3.97. The van der Waals surface area contributed by atoms with Crippen LogP contribution in [0.15, 0.2) is 9.98 Å². The van der Waals surface area contributed by atoms with Gasteiger partial charge in [0.05, 0.1) is 0 Å². The van der Waals surface area contributed by atoms with E-state index in [2.05, 4.69) is 55.2 Å². The molecule has 4 heteroatoms. The number of amidine groups is 1. The zero-order chi connectivity index (χ0) is 6.41. The Balaban J connectivity index is 3.53. The van der Waals surface area contributed by atoms with Crippen molar-refractivity contribution in [1.29, 1.82) is 0 Å². The minimum atomic E-state index is 0.805. The normalized spacial score (nSPS) is 13.1. The van der Waals surface area contributed by atoms with E-state index in [9.17, 15) is 0 Å². The minimum Gasteiger partial charge on any atom is -0.265 e. The van der Waals surface area contributed by atoms with Crippen LogP contribution >= 0.6 is 45.2 Å². The van der Waals surface area contributed by atoms with Crippen LogP contribution in [0.25, 0.3) is 0 Å². The molecule has 0 saturated heterocycles. The Hall–Kier alpha value is 0.800. The number of hydrogen-bond acceptors (Lipinski definition) is 1. The second-order valence-electron chi connectivity index (χ2n) is 0.959. The molecule has 2 nitrogen and oxygen atoms in total. The summed E-state index contributed by atoms with van der Waals surface area (Å²) in [5.74, 6) is 0. The quantitative estimate of drug-likeness (QED) is 0.230. The van der Waals surface area contributed by atoms with E-state index in [4.69, 9.17) is 0 Å². The number of halogens is 2. The molecule has 8 heavy (non-hydrogen) atoms. The van der Waals surface area contributed by atoms with Crippen LogP contribution in [0.4, 0.5) is 0 Å². The summed E-state index contributed by atoms with van der Waals surface area (Å²) in [5.41, 5.74) is 0. The molecule has 0 atom stereocenters. The standard InChI is InChI=1S/C4H6I2N2/c1-7-4(6)8-3-2-5/h3H,2H2,1H3. The molecular weight excluding hydrogens is 330 g/mol. The summed E-state index contributed by atoms with van der Waals surface area (Å²) in [6.45, 7) is 0. The Kier molecular flexibility index (Phi) is 6.52. The smallest absolute Gasteiger partial charge is 0.185 e. The predicted molar refractivity (Wildman–Crippen MR) is 54.8 cm³/mol. The first-order valence-corrected chi connectivity index (χ1v) is 4.62. The predicted octanol–water partition coefficient (Wildman–Crippen LogP) is 1.91. The molecule has 0 radical (unpaired) electrons. The van der Waals surface area contributed by atoms with E-state index >= 15 is 0 Å². The van der Waals surface area contributed by atoms with Crippen molar-refractivity contribution in [2.24, 2.45) is 9.98 Å². The van der Waals surface area contributed by atoms with E-state index in [-0.39, 0.29) is 0 Å². The summed E-state index contributed by atoms with van der Waals surface area (Å²) < 4.78 is 1.75. The largest absolute Gasteiger partial charge is 0.265 e. The van der Waals surface area contributed by atoms with Crippen LogP contribution in [0, 0.1) is 0 Å². The lowest BCUT2D eigenvalue weighted by Crippen LogP contribution is -1.80. The molecule has 0 bridgehead atoms. The SMILES string of the molecule is CN=C(I)N=CCI. The van der Waals surface area contributed by atoms with Gasteiger partial charge in [-0.2, -0.15) is 0 Å². The van der Waals surface area contributed by atoms with E-state index in [1.807, 2.05) is 6.21 Å². The Morgan fingerprint density at radius 3 is 2.75 bits per heavy atom. The van der Waals surface area contributed by atoms with E-state index in [0.717, 1.165) is 8.27 Å². The lowest BCUT2D eigenvalue weighted by Gasteiger charge is -1.80. The van der Waals surface area contributed by atoms with Crippen molar-refractivity contribution >= 4 is 55.2 Å². The second kappa shape index (κ2) is 5.93. The van der Waals surface area contributed by atoms with Gasteiger partial charge in [-0.15, -0.1) is 0 Å². The number of hydrogen-bond donors (Lipinski definition) is 0. The summed E-state index contributed by atoms with van der Waals surface area (Å²) in [7, 11) is 1.73. The van der Waals surface area contributed by atoms with Crippen LogP contribution in [0.5, 0.6) is 0 Å². The molecule has 0 aliphatic carbocycles. The molecule has 0 N–H and O–H groups in total. The van der Waals surface area contributed by atoms with Crippen molar-refractivity contribution in [2.45, 2.75) is 0 Å². The first kappa shape index (κ1) is 8.80. The van der Waals surface area contributed by atoms with E-state index in [1.165, 1.54) is 0 Å². The number of rotatable bonds is 1. The van der Waals surface area contributed by atoms with E-state index in [1.54, 1.807) is 7.05 Å². The van der Waals surface area contributed by atoms with Gasteiger partial charge in [-0.25, -0.2) is 4.99 Å². The highest BCUT2D eigenvalue weighted by molar-refractivity contribution is 14.1. The van der Waals surface area contributed by atoms with Gasteiger partial charge in [0.25, 0.3) is 0 Å². The molecule has 0 aromatic rings. The van der Waals surface area contributed by atoms with Crippen LogP contribution in [-0.2, 0) is 0 Å². The maximum atomic E-state index is 3.97. The lowest BCUT2D eigenvalue weighted by atomic mass is 10.9. The molecule has 0 amide bonds. The van der Waals surface area contributed by atoms with Gasteiger partial charge in [-0.05, 0) is 0 Å². The molecule has 46 valence electrons. The third kappa shape index (κ3) is 4.95. The summed E-state index contributed by atoms with van der Waals surface area (Å²) in [5, 5.41) is 0. The van der Waals surface area contributed by atoms with Crippen molar-refractivity contribution in [3.63, 3.8) is 0 Å². The fourth-order valence-corrected chi connectivity index (χ4v) is 0.561. The van der Waals surface area contributed by atoms with Crippen LogP contribution in [0.2, 0.25) is 0 Å². The minimum absolute atomic E-state index is 0.805. The van der Waals surface area contributed by atoms with Gasteiger partial charge in [0.1, 0.15) is 0 Å². The molecule has 0 rings (SSSR count). The van der Waals surface area contributed by atoms with Crippen LogP contribution in [0.1, 0.15) is 0 Å². The average molecular weight is 336 g/mol. The van der Waals surface area contributed by atoms with Crippen molar-refractivity contribution in [2.75, 3.05) is 11.5 Å². The Morgan fingerprint density at radius 2 is 2.38 bits per heavy atom. The van der Waals surface area contributed by atoms with Gasteiger partial charge in [0, 0.05) is 40.3 Å². The van der Waals surface area contributed by atoms with Crippen LogP contribution in [-0.4, -0.2) is 21.5 Å². The monoisotopic (exact) mass is 336 g/mol. The molecule has 0 spiro atoms. The fourth-order valence-electron chi connectivity index (χ4n) is 0.168. The van der Waals surface area contributed by atoms with Crippen molar-refractivity contribution in [3.8, 4) is 0 Å². The highest BCUT2D eigenvalue weighted by Crippen LogP contribution is 1.89. The zero-order valence-corrected chi connectivity index (χ0v) is 8.75. The Bertz CT molecular complexity index is 109. The summed E-state index contributed by atoms with van der Waals surface area (Å²) in [4.78, 5) is 7.79. The fraction of sp³-hybridized carbons (Fsp3) is 0.500. The van der Waals surface area contributed by atoms with Gasteiger partial charge in [0.15, 0.2) is 3.84 Å². The first-order valence-electron chi connectivity index (χ1n) is 2.02. The molecule has 0 heterocycles. The molecular formula is C4H6I2N2. The third-order valence-electron chi connectivity index (χ3n) is 0.451. The summed E-state index contributed by atoms with van der Waals surface area (Å²) in [6.07, 6.45) is 1.83. The van der Waals surface area contributed by atoms with Gasteiger partial charge in [-0.1, -0.05) is 22.6 Å². The molecule has 0 fully saturated rings. The lowest BCUT2D eigenvalue weighted by molar-refractivity contribution is 1.44. The summed E-state index contributed by atoms with van der Waals surface area (Å²) >= 11 is 4.31. The first-order chi connectivity index (χ1) is 3.81. The highest BCUT2D eigenvalue weighted by Gasteiger charge is 1.78. The molecule has 0 aromatic carbocycles. The summed E-state index contributed by atoms with van der Waals surface area (Å²) in [6, 6.07) is 0. The van der Waals surface area contributed by atoms with Crippen LogP contribution < -0.4 is 0 Å². The average Bonchev–Trinajstić information content (AvgIpc) is 1.83. The van der Waals surface area contributed by atoms with Gasteiger partial charge >= 0.3 is 0 Å². The van der Waals surface area contributed by atoms with E-state index in [0.29, 0.717) is 0 Å². The highest BCUT2D eigenvalue weighted by atomic mass is 127. The van der Waals surface area contributed by atoms with Gasteiger partial charge in [-0.3, -0.25) is 4.99 Å². The van der Waals surface area contributed by atoms with Crippen molar-refractivity contribution in [1.82, 2.24) is 0 Å². The van der Waals surface area contributed by atoms with Crippen molar-refractivity contribution in [3.05, 3.63) is 0 Å². The molecule has 0 unspecified atom stereocenters. The third-order valence-corrected chi connectivity index (χ3v) is 1.61. The second-order valence-corrected chi connectivity index (χ2v) is 2.80. The molecule has 0 saturated carbocycles. The Morgan fingerprint density at radius 1 is 1.75 bits per heavy atom. The van der Waals surface area contributed by atoms with E-state index < -0.39 is 0 Å². The number of aliphatic imine (C=N–C) groups is 2. The van der Waals surface area contributed by atoms with Crippen LogP contribution in [0.3, 0.4) is 0 Å². The number of nitrogens with zero attached hydrogens (tertiary/aromatic N) is 2. The van der Waals surface area contributed by atoms with Gasteiger partial charge < -0.3 is 0 Å². The zero-order valence-electron chi connectivity index (χ0n) is 4.43. The van der Waals surface area contributed by atoms with Gasteiger partial charge in [0.2, 0.25) is 0 Å². The molecule has 0 aliphatic heterocycles. The topological polar surface area (TPSA) is 24.7 Å². The maximum Gasteiger partial charge on any atom is 0.185 e. The molecule has 0 aromatic heterocycles. The Labute approximate surface area is 76.1 Å². The number of alkyl halides is 1. The van der Waals surface area contributed by atoms with Crippen molar-refractivity contribution < 1.29 is 0 Å². The molecule has 0 aliphatic rings.